The second kappa shape index (κ2) is 6.65. The minimum atomic E-state index is -1.24. The largest absolute Gasteiger partial charge is 0.478 e. The number of carbonyl (C=O) groups excluding carboxylic acids is 2. The lowest BCUT2D eigenvalue weighted by atomic mass is 10.1. The van der Waals surface area contributed by atoms with Gasteiger partial charge < -0.3 is 10.4 Å². The molecule has 7 heteroatoms. The van der Waals surface area contributed by atoms with Gasteiger partial charge in [-0.05, 0) is 44.5 Å². The van der Waals surface area contributed by atoms with Crippen molar-refractivity contribution in [2.75, 3.05) is 5.32 Å². The number of carbonyl (C=O) groups is 3. The standard InChI is InChI=1S/C14H15FN2O4/c1-7-6-10(15)4-5-11(7)16-14(21)17-12(18)8(2)9(3)13(19)20/h4-6H,1-3H3,(H,19,20)(H2,16,17,18,21). The third-order valence-corrected chi connectivity index (χ3v) is 2.89. The SMILES string of the molecule is CC(C(=O)O)=C(C)C(=O)NC(=O)Nc1ccc(F)cc1C. The first-order chi connectivity index (χ1) is 9.72. The first-order valence-electron chi connectivity index (χ1n) is 6.01. The highest BCUT2D eigenvalue weighted by molar-refractivity contribution is 6.10. The van der Waals surface area contributed by atoms with Crippen molar-refractivity contribution < 1.29 is 23.9 Å². The summed E-state index contributed by atoms with van der Waals surface area (Å²) in [5, 5.41) is 13.1. The van der Waals surface area contributed by atoms with Gasteiger partial charge in [-0.2, -0.15) is 0 Å². The highest BCUT2D eigenvalue weighted by Crippen LogP contribution is 2.15. The smallest absolute Gasteiger partial charge is 0.331 e. The summed E-state index contributed by atoms with van der Waals surface area (Å²) in [6.07, 6.45) is 0. The highest BCUT2D eigenvalue weighted by atomic mass is 19.1. The van der Waals surface area contributed by atoms with Gasteiger partial charge in [-0.25, -0.2) is 14.0 Å². The summed E-state index contributed by atoms with van der Waals surface area (Å²) in [5.41, 5.74) is 0.608. The Morgan fingerprint density at radius 3 is 2.29 bits per heavy atom. The monoisotopic (exact) mass is 294 g/mol. The van der Waals surface area contributed by atoms with Crippen LogP contribution in [0.1, 0.15) is 19.4 Å². The Morgan fingerprint density at radius 2 is 1.76 bits per heavy atom. The minimum absolute atomic E-state index is 0.0755. The van der Waals surface area contributed by atoms with Gasteiger partial charge in [0.15, 0.2) is 0 Å². The van der Waals surface area contributed by atoms with E-state index in [-0.39, 0.29) is 11.1 Å². The Kier molecular flexibility index (Phi) is 5.18. The van der Waals surface area contributed by atoms with Gasteiger partial charge >= 0.3 is 12.0 Å². The van der Waals surface area contributed by atoms with Gasteiger partial charge in [0.25, 0.3) is 5.91 Å². The van der Waals surface area contributed by atoms with Crippen LogP contribution in [0, 0.1) is 12.7 Å². The van der Waals surface area contributed by atoms with E-state index < -0.39 is 23.7 Å². The van der Waals surface area contributed by atoms with Gasteiger partial charge in [-0.15, -0.1) is 0 Å². The van der Waals surface area contributed by atoms with Crippen LogP contribution in [0.3, 0.4) is 0 Å². The number of carboxylic acids is 1. The molecule has 0 aliphatic heterocycles. The number of hydrogen-bond donors (Lipinski definition) is 3. The molecule has 0 saturated heterocycles. The number of urea groups is 1. The number of aliphatic carboxylic acids is 1. The Hall–Kier alpha value is -2.70. The van der Waals surface area contributed by atoms with Crippen molar-refractivity contribution in [1.29, 1.82) is 0 Å². The molecule has 0 unspecified atom stereocenters. The number of aryl methyl sites for hydroxylation is 1. The number of benzene rings is 1. The topological polar surface area (TPSA) is 95.5 Å². The normalized spacial score (nSPS) is 11.4. The van der Waals surface area contributed by atoms with Crippen LogP contribution in [0.15, 0.2) is 29.3 Å². The summed E-state index contributed by atoms with van der Waals surface area (Å²) in [4.78, 5) is 34.1. The van der Waals surface area contributed by atoms with Crippen LogP contribution in [-0.2, 0) is 9.59 Å². The maximum atomic E-state index is 12.9. The molecule has 0 aliphatic rings. The molecule has 112 valence electrons. The molecule has 3 N–H and O–H groups in total. The first-order valence-corrected chi connectivity index (χ1v) is 6.01. The second-order valence-corrected chi connectivity index (χ2v) is 4.42. The van der Waals surface area contributed by atoms with Crippen LogP contribution in [0.25, 0.3) is 0 Å². The molecule has 0 fully saturated rings. The number of imide groups is 1. The average Bonchev–Trinajstić information content (AvgIpc) is 2.40. The molecule has 0 saturated carbocycles. The highest BCUT2D eigenvalue weighted by Gasteiger charge is 2.15. The van der Waals surface area contributed by atoms with Crippen LogP contribution in [-0.4, -0.2) is 23.0 Å². The van der Waals surface area contributed by atoms with Crippen molar-refractivity contribution in [3.63, 3.8) is 0 Å². The number of amides is 3. The van der Waals surface area contributed by atoms with Crippen LogP contribution < -0.4 is 10.6 Å². The van der Waals surface area contributed by atoms with Crippen molar-refractivity contribution in [2.24, 2.45) is 0 Å². The van der Waals surface area contributed by atoms with E-state index in [0.29, 0.717) is 11.3 Å². The predicted octanol–water partition coefficient (Wildman–Crippen LogP) is 2.20. The molecule has 1 aromatic rings. The van der Waals surface area contributed by atoms with Crippen molar-refractivity contribution in [2.45, 2.75) is 20.8 Å². The van der Waals surface area contributed by atoms with Crippen molar-refractivity contribution in [3.05, 3.63) is 40.7 Å². The molecule has 3 amide bonds. The maximum Gasteiger partial charge on any atom is 0.331 e. The van der Waals surface area contributed by atoms with Crippen molar-refractivity contribution in [1.82, 2.24) is 5.32 Å². The van der Waals surface area contributed by atoms with Crippen LogP contribution in [0.2, 0.25) is 0 Å². The van der Waals surface area contributed by atoms with Gasteiger partial charge in [-0.1, -0.05) is 0 Å². The number of nitrogens with one attached hydrogen (secondary N) is 2. The summed E-state index contributed by atoms with van der Waals surface area (Å²) in [6, 6.07) is 2.94. The quantitative estimate of drug-likeness (QED) is 0.745. The van der Waals surface area contributed by atoms with Crippen LogP contribution in [0.5, 0.6) is 0 Å². The van der Waals surface area contributed by atoms with Crippen LogP contribution >= 0.6 is 0 Å². The number of anilines is 1. The first kappa shape index (κ1) is 16.4. The molecule has 0 heterocycles. The minimum Gasteiger partial charge on any atom is -0.478 e. The molecular formula is C14H15FN2O4. The Bertz CT molecular complexity index is 638. The number of hydrogen-bond acceptors (Lipinski definition) is 3. The fourth-order valence-corrected chi connectivity index (χ4v) is 1.45. The lowest BCUT2D eigenvalue weighted by molar-refractivity contribution is -0.133. The molecule has 6 nitrogen and oxygen atoms in total. The van der Waals surface area contributed by atoms with Crippen molar-refractivity contribution >= 4 is 23.6 Å². The lowest BCUT2D eigenvalue weighted by Crippen LogP contribution is -2.35. The van der Waals surface area contributed by atoms with E-state index in [1.54, 1.807) is 6.92 Å². The zero-order valence-electron chi connectivity index (χ0n) is 11.8. The molecular weight excluding hydrogens is 279 g/mol. The van der Waals surface area contributed by atoms with Crippen LogP contribution in [0.4, 0.5) is 14.9 Å². The number of rotatable bonds is 3. The Balaban J connectivity index is 2.76. The summed E-state index contributed by atoms with van der Waals surface area (Å²) < 4.78 is 12.9. The fraction of sp³-hybridized carbons (Fsp3) is 0.214. The van der Waals surface area contributed by atoms with Gasteiger partial charge in [0.2, 0.25) is 0 Å². The van der Waals surface area contributed by atoms with Gasteiger partial charge in [0.05, 0.1) is 0 Å². The molecule has 1 rings (SSSR count). The van der Waals surface area contributed by atoms with E-state index in [4.69, 9.17) is 5.11 Å². The molecule has 0 bridgehead atoms. The van der Waals surface area contributed by atoms with E-state index in [1.807, 2.05) is 5.32 Å². The van der Waals surface area contributed by atoms with Gasteiger partial charge in [-0.3, -0.25) is 10.1 Å². The third-order valence-electron chi connectivity index (χ3n) is 2.89. The molecule has 0 radical (unpaired) electrons. The predicted molar refractivity (Wildman–Crippen MR) is 74.3 cm³/mol. The fourth-order valence-electron chi connectivity index (χ4n) is 1.45. The Morgan fingerprint density at radius 1 is 1.14 bits per heavy atom. The summed E-state index contributed by atoms with van der Waals surface area (Å²) in [5.74, 6) is -2.49. The molecule has 1 aromatic carbocycles. The average molecular weight is 294 g/mol. The zero-order chi connectivity index (χ0) is 16.2. The second-order valence-electron chi connectivity index (χ2n) is 4.42. The zero-order valence-corrected chi connectivity index (χ0v) is 11.8. The van der Waals surface area contributed by atoms with E-state index in [0.717, 1.165) is 0 Å². The maximum absolute atomic E-state index is 12.9. The van der Waals surface area contributed by atoms with E-state index in [9.17, 15) is 18.8 Å². The number of carboxylic acid groups (broad SMARTS) is 1. The molecule has 0 aliphatic carbocycles. The molecule has 0 aromatic heterocycles. The van der Waals surface area contributed by atoms with E-state index in [1.165, 1.54) is 32.0 Å². The van der Waals surface area contributed by atoms with E-state index >= 15 is 0 Å². The molecule has 0 atom stereocenters. The summed E-state index contributed by atoms with van der Waals surface area (Å²) >= 11 is 0. The Labute approximate surface area is 120 Å². The van der Waals surface area contributed by atoms with Gasteiger partial charge in [0, 0.05) is 16.8 Å². The molecule has 21 heavy (non-hydrogen) atoms. The number of halogens is 1. The van der Waals surface area contributed by atoms with Crippen molar-refractivity contribution in [3.8, 4) is 0 Å². The lowest BCUT2D eigenvalue weighted by Gasteiger charge is -2.10. The molecule has 0 spiro atoms. The summed E-state index contributed by atoms with van der Waals surface area (Å²) in [6.45, 7) is 4.16. The third kappa shape index (κ3) is 4.41. The van der Waals surface area contributed by atoms with Gasteiger partial charge in [0.1, 0.15) is 5.82 Å². The summed E-state index contributed by atoms with van der Waals surface area (Å²) in [7, 11) is 0. The van der Waals surface area contributed by atoms with E-state index in [2.05, 4.69) is 5.32 Å².